The standard InChI is InChI=1S/C21H27N7O2.HI/c1-3-19-27-26-15-28(19)10-9-23-21(22-2)25-13-16-6-4-7-17(12-16)20(29)24-14-18-8-5-11-30-18;/h4-8,11-12,15H,3,9-10,13-14H2,1-2H3,(H,24,29)(H2,22,23,25);1H. The van der Waals surface area contributed by atoms with Gasteiger partial charge in [-0.05, 0) is 29.8 Å². The predicted molar refractivity (Wildman–Crippen MR) is 129 cm³/mol. The van der Waals surface area contributed by atoms with E-state index in [0.717, 1.165) is 24.4 Å². The Balaban J connectivity index is 0.00000341. The predicted octanol–water partition coefficient (Wildman–Crippen LogP) is 2.35. The number of nitrogens with one attached hydrogen (secondary N) is 3. The van der Waals surface area contributed by atoms with Crippen LogP contribution in [0.15, 0.2) is 58.4 Å². The number of aryl methyl sites for hydroxylation is 1. The van der Waals surface area contributed by atoms with Gasteiger partial charge >= 0.3 is 0 Å². The van der Waals surface area contributed by atoms with Crippen LogP contribution in [0.25, 0.3) is 0 Å². The minimum Gasteiger partial charge on any atom is -0.467 e. The Morgan fingerprint density at radius 1 is 1.16 bits per heavy atom. The third kappa shape index (κ3) is 7.39. The molecule has 0 spiro atoms. The first-order chi connectivity index (χ1) is 14.7. The summed E-state index contributed by atoms with van der Waals surface area (Å²) in [5.74, 6) is 2.22. The Kier molecular flexibility index (Phi) is 10.0. The third-order valence-corrected chi connectivity index (χ3v) is 4.53. The van der Waals surface area contributed by atoms with Gasteiger partial charge < -0.3 is 24.9 Å². The lowest BCUT2D eigenvalue weighted by Crippen LogP contribution is -2.38. The number of hydrogen-bond donors (Lipinski definition) is 3. The molecule has 0 aliphatic heterocycles. The van der Waals surface area contributed by atoms with Crippen molar-refractivity contribution in [2.24, 2.45) is 4.99 Å². The van der Waals surface area contributed by atoms with E-state index in [0.29, 0.717) is 36.9 Å². The summed E-state index contributed by atoms with van der Waals surface area (Å²) in [6.45, 7) is 4.41. The summed E-state index contributed by atoms with van der Waals surface area (Å²) in [6, 6.07) is 11.1. The van der Waals surface area contributed by atoms with Crippen LogP contribution in [0.3, 0.4) is 0 Å². The van der Waals surface area contributed by atoms with Gasteiger partial charge in [0.15, 0.2) is 5.96 Å². The number of halogens is 1. The van der Waals surface area contributed by atoms with Crippen molar-refractivity contribution in [3.63, 3.8) is 0 Å². The van der Waals surface area contributed by atoms with E-state index < -0.39 is 0 Å². The quantitative estimate of drug-likeness (QED) is 0.220. The van der Waals surface area contributed by atoms with Crippen LogP contribution in [-0.2, 0) is 26.1 Å². The first-order valence-electron chi connectivity index (χ1n) is 9.90. The molecule has 3 rings (SSSR count). The molecular formula is C21H28IN7O2. The van der Waals surface area contributed by atoms with Crippen molar-refractivity contribution in [1.82, 2.24) is 30.7 Å². The van der Waals surface area contributed by atoms with E-state index in [4.69, 9.17) is 4.42 Å². The van der Waals surface area contributed by atoms with Crippen LogP contribution in [0.4, 0.5) is 0 Å². The van der Waals surface area contributed by atoms with E-state index in [1.807, 2.05) is 28.8 Å². The summed E-state index contributed by atoms with van der Waals surface area (Å²) in [5.41, 5.74) is 1.58. The van der Waals surface area contributed by atoms with Crippen molar-refractivity contribution in [2.45, 2.75) is 33.0 Å². The van der Waals surface area contributed by atoms with Crippen molar-refractivity contribution < 1.29 is 9.21 Å². The molecule has 1 aromatic carbocycles. The number of aliphatic imine (C=N–C) groups is 1. The molecule has 10 heteroatoms. The highest BCUT2D eigenvalue weighted by Crippen LogP contribution is 2.06. The number of rotatable bonds is 9. The summed E-state index contributed by atoms with van der Waals surface area (Å²) in [6.07, 6.45) is 4.17. The molecule has 0 fully saturated rings. The van der Waals surface area contributed by atoms with E-state index in [-0.39, 0.29) is 29.9 Å². The fourth-order valence-corrected chi connectivity index (χ4v) is 2.95. The SMILES string of the molecule is CCc1nncn1CCNC(=NC)NCc1cccc(C(=O)NCc2ccco2)c1.I. The molecule has 0 saturated carbocycles. The minimum absolute atomic E-state index is 0. The van der Waals surface area contributed by atoms with Crippen LogP contribution in [0.1, 0.15) is 34.4 Å². The molecule has 31 heavy (non-hydrogen) atoms. The normalized spacial score (nSPS) is 11.0. The molecule has 1 amide bonds. The number of hydrogen-bond acceptors (Lipinski definition) is 5. The van der Waals surface area contributed by atoms with Crippen LogP contribution in [-0.4, -0.2) is 40.2 Å². The highest BCUT2D eigenvalue weighted by Gasteiger charge is 2.08. The van der Waals surface area contributed by atoms with E-state index in [2.05, 4.69) is 38.1 Å². The first-order valence-corrected chi connectivity index (χ1v) is 9.90. The number of furan rings is 1. The monoisotopic (exact) mass is 537 g/mol. The van der Waals surface area contributed by atoms with Crippen molar-refractivity contribution in [3.8, 4) is 0 Å². The molecule has 0 aliphatic rings. The lowest BCUT2D eigenvalue weighted by molar-refractivity contribution is 0.0948. The molecule has 3 aromatic rings. The Bertz CT molecular complexity index is 970. The molecule has 9 nitrogen and oxygen atoms in total. The number of nitrogens with zero attached hydrogens (tertiary/aromatic N) is 4. The average Bonchev–Trinajstić information content (AvgIpc) is 3.46. The number of amides is 1. The maximum Gasteiger partial charge on any atom is 0.251 e. The van der Waals surface area contributed by atoms with Gasteiger partial charge in [0.25, 0.3) is 5.91 Å². The minimum atomic E-state index is -0.142. The zero-order valence-corrected chi connectivity index (χ0v) is 20.0. The van der Waals surface area contributed by atoms with Crippen LogP contribution in [0, 0.1) is 0 Å². The van der Waals surface area contributed by atoms with Gasteiger partial charge in [0, 0.05) is 38.7 Å². The topological polar surface area (TPSA) is 109 Å². The molecular weight excluding hydrogens is 509 g/mol. The molecule has 0 bridgehead atoms. The number of carbonyl (C=O) groups excluding carboxylic acids is 1. The Hall–Kier alpha value is -2.89. The van der Waals surface area contributed by atoms with E-state index in [1.54, 1.807) is 31.8 Å². The zero-order valence-electron chi connectivity index (χ0n) is 17.7. The van der Waals surface area contributed by atoms with E-state index in [9.17, 15) is 4.79 Å². The Morgan fingerprint density at radius 3 is 2.77 bits per heavy atom. The molecule has 2 heterocycles. The number of benzene rings is 1. The third-order valence-electron chi connectivity index (χ3n) is 4.53. The maximum absolute atomic E-state index is 12.4. The average molecular weight is 537 g/mol. The molecule has 3 N–H and O–H groups in total. The van der Waals surface area contributed by atoms with E-state index in [1.165, 1.54) is 0 Å². The second kappa shape index (κ2) is 12.7. The number of guanidine groups is 1. The smallest absolute Gasteiger partial charge is 0.251 e. The number of carbonyl (C=O) groups is 1. The summed E-state index contributed by atoms with van der Waals surface area (Å²) in [5, 5.41) is 17.4. The second-order valence-corrected chi connectivity index (χ2v) is 6.61. The fraction of sp³-hybridized carbons (Fsp3) is 0.333. The summed E-state index contributed by atoms with van der Waals surface area (Å²) in [7, 11) is 1.73. The Morgan fingerprint density at radius 2 is 2.03 bits per heavy atom. The van der Waals surface area contributed by atoms with Gasteiger partial charge in [-0.2, -0.15) is 0 Å². The summed E-state index contributed by atoms with van der Waals surface area (Å²) in [4.78, 5) is 16.6. The second-order valence-electron chi connectivity index (χ2n) is 6.61. The fourth-order valence-electron chi connectivity index (χ4n) is 2.95. The molecule has 0 unspecified atom stereocenters. The molecule has 166 valence electrons. The molecule has 0 saturated heterocycles. The highest BCUT2D eigenvalue weighted by atomic mass is 127. The van der Waals surface area contributed by atoms with Gasteiger partial charge in [-0.1, -0.05) is 19.1 Å². The Labute approximate surface area is 198 Å². The first kappa shape index (κ1) is 24.4. The van der Waals surface area contributed by atoms with Gasteiger partial charge in [0.1, 0.15) is 17.9 Å². The zero-order chi connectivity index (χ0) is 21.2. The van der Waals surface area contributed by atoms with Crippen LogP contribution < -0.4 is 16.0 Å². The van der Waals surface area contributed by atoms with Gasteiger partial charge in [0.05, 0.1) is 12.8 Å². The van der Waals surface area contributed by atoms with E-state index >= 15 is 0 Å². The molecule has 2 aromatic heterocycles. The lowest BCUT2D eigenvalue weighted by Gasteiger charge is -2.13. The van der Waals surface area contributed by atoms with Crippen molar-refractivity contribution in [1.29, 1.82) is 0 Å². The van der Waals surface area contributed by atoms with Crippen LogP contribution >= 0.6 is 24.0 Å². The van der Waals surface area contributed by atoms with Crippen molar-refractivity contribution in [3.05, 3.63) is 71.7 Å². The lowest BCUT2D eigenvalue weighted by atomic mass is 10.1. The maximum atomic E-state index is 12.4. The largest absolute Gasteiger partial charge is 0.467 e. The van der Waals surface area contributed by atoms with Gasteiger partial charge in [-0.25, -0.2) is 0 Å². The number of aromatic nitrogens is 3. The van der Waals surface area contributed by atoms with Crippen molar-refractivity contribution >= 4 is 35.8 Å². The summed E-state index contributed by atoms with van der Waals surface area (Å²) < 4.78 is 7.26. The summed E-state index contributed by atoms with van der Waals surface area (Å²) >= 11 is 0. The van der Waals surface area contributed by atoms with Gasteiger partial charge in [-0.3, -0.25) is 9.79 Å². The van der Waals surface area contributed by atoms with Gasteiger partial charge in [0.2, 0.25) is 0 Å². The van der Waals surface area contributed by atoms with Crippen LogP contribution in [0.5, 0.6) is 0 Å². The molecule has 0 radical (unpaired) electrons. The molecule has 0 aliphatic carbocycles. The highest BCUT2D eigenvalue weighted by molar-refractivity contribution is 14.0. The van der Waals surface area contributed by atoms with Crippen molar-refractivity contribution in [2.75, 3.05) is 13.6 Å². The van der Waals surface area contributed by atoms with Gasteiger partial charge in [-0.15, -0.1) is 34.2 Å². The van der Waals surface area contributed by atoms with Crippen LogP contribution in [0.2, 0.25) is 0 Å². The molecule has 0 atom stereocenters.